The zero-order valence-electron chi connectivity index (χ0n) is 13.7. The van der Waals surface area contributed by atoms with Gasteiger partial charge in [0.25, 0.3) is 10.0 Å². The molecule has 1 atom stereocenters. The quantitative estimate of drug-likeness (QED) is 0.878. The van der Waals surface area contributed by atoms with Crippen molar-refractivity contribution in [2.75, 3.05) is 13.1 Å². The number of nitrogens with zero attached hydrogens (tertiary/aromatic N) is 2. The summed E-state index contributed by atoms with van der Waals surface area (Å²) in [7, 11) is -3.57. The molecule has 1 aromatic carbocycles. The van der Waals surface area contributed by atoms with Crippen LogP contribution in [0.1, 0.15) is 20.3 Å². The molecule has 1 aromatic heterocycles. The Morgan fingerprint density at radius 3 is 2.58 bits per heavy atom. The lowest BCUT2D eigenvalue weighted by atomic mass is 9.81. The largest absolute Gasteiger partial charge is 0.327 e. The van der Waals surface area contributed by atoms with Crippen LogP contribution in [-0.4, -0.2) is 36.8 Å². The summed E-state index contributed by atoms with van der Waals surface area (Å²) in [6.07, 6.45) is 0.669. The van der Waals surface area contributed by atoms with Gasteiger partial charge in [-0.25, -0.2) is 13.4 Å². The molecule has 132 valence electrons. The van der Waals surface area contributed by atoms with E-state index in [1.54, 1.807) is 5.38 Å². The first-order chi connectivity index (χ1) is 10.8. The van der Waals surface area contributed by atoms with Gasteiger partial charge < -0.3 is 5.73 Å². The lowest BCUT2D eigenvalue weighted by Crippen LogP contribution is -2.53. The lowest BCUT2D eigenvalue weighted by Gasteiger charge is -2.41. The van der Waals surface area contributed by atoms with Crippen molar-refractivity contribution in [3.63, 3.8) is 0 Å². The zero-order chi connectivity index (χ0) is 16.7. The molecule has 2 N–H and O–H groups in total. The van der Waals surface area contributed by atoms with E-state index in [9.17, 15) is 8.42 Å². The van der Waals surface area contributed by atoms with E-state index >= 15 is 0 Å². The fourth-order valence-corrected chi connectivity index (χ4v) is 5.45. The smallest absolute Gasteiger partial charge is 0.261 e. The molecule has 0 spiro atoms. The van der Waals surface area contributed by atoms with Crippen LogP contribution in [0.4, 0.5) is 0 Å². The highest BCUT2D eigenvalue weighted by Gasteiger charge is 2.39. The molecule has 1 fully saturated rings. The van der Waals surface area contributed by atoms with Gasteiger partial charge in [0, 0.05) is 30.1 Å². The van der Waals surface area contributed by atoms with Crippen molar-refractivity contribution in [1.82, 2.24) is 9.29 Å². The second kappa shape index (κ2) is 7.09. The maximum absolute atomic E-state index is 12.9. The monoisotopic (exact) mass is 387 g/mol. The van der Waals surface area contributed by atoms with Crippen molar-refractivity contribution in [2.24, 2.45) is 11.1 Å². The number of thiazole rings is 1. The molecule has 2 heterocycles. The summed E-state index contributed by atoms with van der Waals surface area (Å²) in [5.74, 6) is 0. The number of rotatable bonds is 3. The predicted octanol–water partition coefficient (Wildman–Crippen LogP) is 2.98. The van der Waals surface area contributed by atoms with Crippen LogP contribution < -0.4 is 5.73 Å². The van der Waals surface area contributed by atoms with E-state index in [0.717, 1.165) is 10.6 Å². The average molecular weight is 388 g/mol. The van der Waals surface area contributed by atoms with E-state index < -0.39 is 10.0 Å². The Labute approximate surface area is 153 Å². The summed E-state index contributed by atoms with van der Waals surface area (Å²) in [6, 6.07) is 9.63. The molecule has 0 radical (unpaired) electrons. The minimum Gasteiger partial charge on any atom is -0.327 e. The minimum atomic E-state index is -3.57. The van der Waals surface area contributed by atoms with Crippen LogP contribution in [0, 0.1) is 5.41 Å². The standard InChI is InChI=1S/C16H21N3O2S2.ClH/c1-16(2)11-19(9-8-13(16)17)23(20,21)14-10-22-15(18-14)12-6-4-3-5-7-12;/h3-7,10,13H,8-9,11,17H2,1-2H3;1H. The number of hydrogen-bond acceptors (Lipinski definition) is 5. The van der Waals surface area contributed by atoms with Crippen molar-refractivity contribution < 1.29 is 8.42 Å². The van der Waals surface area contributed by atoms with Gasteiger partial charge in [0.05, 0.1) is 0 Å². The van der Waals surface area contributed by atoms with E-state index in [2.05, 4.69) is 4.98 Å². The normalized spacial score (nSPS) is 21.2. The molecule has 1 aliphatic heterocycles. The van der Waals surface area contributed by atoms with Crippen LogP contribution in [0.15, 0.2) is 40.7 Å². The summed E-state index contributed by atoms with van der Waals surface area (Å²) in [5.41, 5.74) is 6.80. The van der Waals surface area contributed by atoms with Gasteiger partial charge in [0.1, 0.15) is 5.01 Å². The molecule has 5 nitrogen and oxygen atoms in total. The molecule has 0 bridgehead atoms. The molecule has 1 aliphatic rings. The SMILES string of the molecule is CC1(C)CN(S(=O)(=O)c2csc(-c3ccccc3)n2)CCC1N.Cl. The second-order valence-electron chi connectivity index (χ2n) is 6.58. The molecule has 1 saturated heterocycles. The van der Waals surface area contributed by atoms with E-state index in [1.165, 1.54) is 15.6 Å². The Bertz CT molecular complexity index is 791. The van der Waals surface area contributed by atoms with Crippen molar-refractivity contribution in [1.29, 1.82) is 0 Å². The van der Waals surface area contributed by atoms with Gasteiger partial charge in [0.15, 0.2) is 5.03 Å². The number of hydrogen-bond donors (Lipinski definition) is 1. The number of nitrogens with two attached hydrogens (primary N) is 1. The van der Waals surface area contributed by atoms with Crippen LogP contribution >= 0.6 is 23.7 Å². The third-order valence-corrected chi connectivity index (χ3v) is 7.15. The number of aromatic nitrogens is 1. The zero-order valence-corrected chi connectivity index (χ0v) is 16.1. The first-order valence-corrected chi connectivity index (χ1v) is 9.89. The first kappa shape index (κ1) is 19.3. The molecule has 0 saturated carbocycles. The maximum Gasteiger partial charge on any atom is 0.261 e. The van der Waals surface area contributed by atoms with Gasteiger partial charge in [-0.05, 0) is 11.8 Å². The molecular weight excluding hydrogens is 366 g/mol. The van der Waals surface area contributed by atoms with E-state index in [1.807, 2.05) is 44.2 Å². The molecule has 3 rings (SSSR count). The molecule has 0 amide bonds. The van der Waals surface area contributed by atoms with Crippen LogP contribution in [0.5, 0.6) is 0 Å². The molecule has 8 heteroatoms. The predicted molar refractivity (Wildman–Crippen MR) is 99.9 cm³/mol. The van der Waals surface area contributed by atoms with Gasteiger partial charge in [-0.3, -0.25) is 0 Å². The van der Waals surface area contributed by atoms with E-state index in [0.29, 0.717) is 19.5 Å². The topological polar surface area (TPSA) is 76.3 Å². The Balaban J connectivity index is 0.00000208. The minimum absolute atomic E-state index is 0. The molecule has 1 unspecified atom stereocenters. The van der Waals surface area contributed by atoms with Crippen molar-refractivity contribution in [3.8, 4) is 10.6 Å². The Kier molecular flexibility index (Phi) is 5.71. The highest BCUT2D eigenvalue weighted by molar-refractivity contribution is 7.89. The van der Waals surface area contributed by atoms with Gasteiger partial charge in [-0.15, -0.1) is 23.7 Å². The van der Waals surface area contributed by atoms with Crippen LogP contribution in [-0.2, 0) is 10.0 Å². The molecular formula is C16H22ClN3O2S2. The van der Waals surface area contributed by atoms with Gasteiger partial charge in [-0.2, -0.15) is 4.31 Å². The number of benzene rings is 1. The Morgan fingerprint density at radius 2 is 1.96 bits per heavy atom. The maximum atomic E-state index is 12.9. The number of sulfonamides is 1. The van der Waals surface area contributed by atoms with E-state index in [4.69, 9.17) is 5.73 Å². The molecule has 0 aliphatic carbocycles. The highest BCUT2D eigenvalue weighted by Crippen LogP contribution is 2.32. The van der Waals surface area contributed by atoms with Crippen molar-refractivity contribution >= 4 is 33.8 Å². The molecule has 24 heavy (non-hydrogen) atoms. The van der Waals surface area contributed by atoms with E-state index in [-0.39, 0.29) is 28.9 Å². The van der Waals surface area contributed by atoms with Crippen LogP contribution in [0.2, 0.25) is 0 Å². The molecule has 2 aromatic rings. The summed E-state index contributed by atoms with van der Waals surface area (Å²) in [5, 5.41) is 2.48. The summed E-state index contributed by atoms with van der Waals surface area (Å²) in [6.45, 7) is 4.89. The van der Waals surface area contributed by atoms with Crippen molar-refractivity contribution in [2.45, 2.75) is 31.3 Å². The van der Waals surface area contributed by atoms with Gasteiger partial charge in [-0.1, -0.05) is 44.2 Å². The lowest BCUT2D eigenvalue weighted by molar-refractivity contribution is 0.155. The Hall–Kier alpha value is -0.990. The fraction of sp³-hybridized carbons (Fsp3) is 0.438. The first-order valence-electron chi connectivity index (χ1n) is 7.57. The summed E-state index contributed by atoms with van der Waals surface area (Å²) in [4.78, 5) is 4.35. The third-order valence-electron chi connectivity index (χ3n) is 4.39. The number of halogens is 1. The highest BCUT2D eigenvalue weighted by atomic mass is 35.5. The van der Waals surface area contributed by atoms with Gasteiger partial charge in [0.2, 0.25) is 0 Å². The summed E-state index contributed by atoms with van der Waals surface area (Å²) >= 11 is 1.35. The van der Waals surface area contributed by atoms with Crippen LogP contribution in [0.3, 0.4) is 0 Å². The van der Waals surface area contributed by atoms with Crippen LogP contribution in [0.25, 0.3) is 10.6 Å². The fourth-order valence-electron chi connectivity index (χ4n) is 2.75. The average Bonchev–Trinajstić information content (AvgIpc) is 3.01. The van der Waals surface area contributed by atoms with Gasteiger partial charge >= 0.3 is 0 Å². The third kappa shape index (κ3) is 3.65. The second-order valence-corrected chi connectivity index (χ2v) is 9.32. The summed E-state index contributed by atoms with van der Waals surface area (Å²) < 4.78 is 27.2. The number of piperidine rings is 1. The Morgan fingerprint density at radius 1 is 1.29 bits per heavy atom. The van der Waals surface area contributed by atoms with Crippen molar-refractivity contribution in [3.05, 3.63) is 35.7 Å².